The van der Waals surface area contributed by atoms with E-state index >= 15 is 0 Å². The lowest BCUT2D eigenvalue weighted by Gasteiger charge is -2.31. The summed E-state index contributed by atoms with van der Waals surface area (Å²) < 4.78 is 5.33. The van der Waals surface area contributed by atoms with Crippen LogP contribution < -0.4 is 5.32 Å². The molecular weight excluding hydrogens is 254 g/mol. The van der Waals surface area contributed by atoms with Gasteiger partial charge in [0.25, 0.3) is 5.91 Å². The number of carbonyl (C=O) groups excluding carboxylic acids is 1. The molecule has 0 atom stereocenters. The Bertz CT molecular complexity index is 456. The summed E-state index contributed by atoms with van der Waals surface area (Å²) in [6, 6.07) is 6.05. The van der Waals surface area contributed by atoms with Crippen LogP contribution in [0.4, 0.5) is 5.82 Å². The van der Waals surface area contributed by atoms with Gasteiger partial charge in [0.15, 0.2) is 0 Å². The van der Waals surface area contributed by atoms with Crippen molar-refractivity contribution >= 4 is 11.7 Å². The van der Waals surface area contributed by atoms with E-state index in [-0.39, 0.29) is 11.9 Å². The Morgan fingerprint density at radius 2 is 2.10 bits per heavy atom. The molecule has 0 radical (unpaired) electrons. The monoisotopic (exact) mass is 277 g/mol. The predicted molar refractivity (Wildman–Crippen MR) is 78.9 cm³/mol. The highest BCUT2D eigenvalue weighted by Crippen LogP contribution is 2.16. The lowest BCUT2D eigenvalue weighted by atomic mass is 10.1. The number of ether oxygens (including phenoxy) is 1. The quantitative estimate of drug-likeness (QED) is 0.916. The van der Waals surface area contributed by atoms with Gasteiger partial charge in [-0.05, 0) is 38.8 Å². The van der Waals surface area contributed by atoms with Crippen molar-refractivity contribution < 1.29 is 9.53 Å². The molecule has 5 nitrogen and oxygen atoms in total. The van der Waals surface area contributed by atoms with Crippen molar-refractivity contribution in [1.82, 2.24) is 9.88 Å². The first-order chi connectivity index (χ1) is 9.58. The van der Waals surface area contributed by atoms with Crippen LogP contribution in [0.25, 0.3) is 0 Å². The summed E-state index contributed by atoms with van der Waals surface area (Å²) in [5.41, 5.74) is 0.490. The molecule has 2 heterocycles. The van der Waals surface area contributed by atoms with E-state index in [9.17, 15) is 4.79 Å². The van der Waals surface area contributed by atoms with Gasteiger partial charge in [-0.25, -0.2) is 4.98 Å². The standard InChI is InChI=1S/C15H23N3O2/c1-11(2)16-14-6-4-5-13(17-14)15(19)18(3)12-7-9-20-10-8-12/h4-6,11-12H,7-10H2,1-3H3,(H,16,17). The molecule has 0 unspecified atom stereocenters. The Hall–Kier alpha value is -1.62. The molecule has 1 N–H and O–H groups in total. The lowest BCUT2D eigenvalue weighted by molar-refractivity contribution is 0.0359. The summed E-state index contributed by atoms with van der Waals surface area (Å²) in [6.45, 7) is 5.55. The fourth-order valence-electron chi connectivity index (χ4n) is 2.35. The molecular formula is C15H23N3O2. The zero-order chi connectivity index (χ0) is 14.5. The van der Waals surface area contributed by atoms with E-state index in [2.05, 4.69) is 10.3 Å². The fraction of sp³-hybridized carbons (Fsp3) is 0.600. The van der Waals surface area contributed by atoms with Crippen molar-refractivity contribution in [1.29, 1.82) is 0 Å². The van der Waals surface area contributed by atoms with E-state index in [4.69, 9.17) is 4.74 Å². The SMILES string of the molecule is CC(C)Nc1cccc(C(=O)N(C)C2CCOCC2)n1. The van der Waals surface area contributed by atoms with Gasteiger partial charge in [0.2, 0.25) is 0 Å². The zero-order valence-corrected chi connectivity index (χ0v) is 12.4. The van der Waals surface area contributed by atoms with Crippen LogP contribution in [-0.4, -0.2) is 48.1 Å². The summed E-state index contributed by atoms with van der Waals surface area (Å²) in [5, 5.41) is 3.22. The Balaban J connectivity index is 2.07. The smallest absolute Gasteiger partial charge is 0.272 e. The molecule has 0 spiro atoms. The van der Waals surface area contributed by atoms with Crippen LogP contribution in [0.1, 0.15) is 37.2 Å². The van der Waals surface area contributed by atoms with Gasteiger partial charge in [-0.1, -0.05) is 6.07 Å². The average molecular weight is 277 g/mol. The first-order valence-corrected chi connectivity index (χ1v) is 7.16. The van der Waals surface area contributed by atoms with Crippen molar-refractivity contribution in [3.63, 3.8) is 0 Å². The summed E-state index contributed by atoms with van der Waals surface area (Å²) in [7, 11) is 1.85. The number of amides is 1. The van der Waals surface area contributed by atoms with E-state index < -0.39 is 0 Å². The third kappa shape index (κ3) is 3.70. The second-order valence-electron chi connectivity index (χ2n) is 5.47. The highest BCUT2D eigenvalue weighted by atomic mass is 16.5. The van der Waals surface area contributed by atoms with Crippen molar-refractivity contribution in [2.24, 2.45) is 0 Å². The first-order valence-electron chi connectivity index (χ1n) is 7.16. The number of anilines is 1. The third-order valence-electron chi connectivity index (χ3n) is 3.46. The number of aromatic nitrogens is 1. The van der Waals surface area contributed by atoms with Crippen LogP contribution in [-0.2, 0) is 4.74 Å². The Labute approximate surface area is 120 Å². The van der Waals surface area contributed by atoms with Crippen molar-refractivity contribution in [2.75, 3.05) is 25.6 Å². The summed E-state index contributed by atoms with van der Waals surface area (Å²) in [4.78, 5) is 18.7. The second-order valence-corrected chi connectivity index (χ2v) is 5.47. The topological polar surface area (TPSA) is 54.5 Å². The number of carbonyl (C=O) groups is 1. The molecule has 2 rings (SSSR count). The van der Waals surface area contributed by atoms with Gasteiger partial charge in [0.1, 0.15) is 11.5 Å². The number of hydrogen-bond donors (Lipinski definition) is 1. The van der Waals surface area contributed by atoms with E-state index in [1.54, 1.807) is 11.0 Å². The molecule has 20 heavy (non-hydrogen) atoms. The van der Waals surface area contributed by atoms with E-state index in [1.807, 2.05) is 33.0 Å². The maximum absolute atomic E-state index is 12.5. The van der Waals surface area contributed by atoms with Gasteiger partial charge in [0, 0.05) is 32.3 Å². The number of pyridine rings is 1. The minimum Gasteiger partial charge on any atom is -0.381 e. The van der Waals surface area contributed by atoms with Crippen molar-refractivity contribution in [3.05, 3.63) is 23.9 Å². The van der Waals surface area contributed by atoms with Crippen LogP contribution >= 0.6 is 0 Å². The molecule has 1 saturated heterocycles. The molecule has 1 amide bonds. The van der Waals surface area contributed by atoms with Gasteiger partial charge < -0.3 is 15.0 Å². The summed E-state index contributed by atoms with van der Waals surface area (Å²) in [6.07, 6.45) is 1.79. The highest BCUT2D eigenvalue weighted by Gasteiger charge is 2.24. The third-order valence-corrected chi connectivity index (χ3v) is 3.46. The Kier molecular flexibility index (Phi) is 4.95. The summed E-state index contributed by atoms with van der Waals surface area (Å²) in [5.74, 6) is 0.718. The van der Waals surface area contributed by atoms with Gasteiger partial charge >= 0.3 is 0 Å². The van der Waals surface area contributed by atoms with Crippen LogP contribution in [0.5, 0.6) is 0 Å². The van der Waals surface area contributed by atoms with Crippen molar-refractivity contribution in [3.8, 4) is 0 Å². The molecule has 1 aliphatic heterocycles. The van der Waals surface area contributed by atoms with Crippen LogP contribution in [0.2, 0.25) is 0 Å². The summed E-state index contributed by atoms with van der Waals surface area (Å²) >= 11 is 0. The molecule has 0 saturated carbocycles. The highest BCUT2D eigenvalue weighted by molar-refractivity contribution is 5.92. The van der Waals surface area contributed by atoms with Crippen molar-refractivity contribution in [2.45, 2.75) is 38.8 Å². The van der Waals surface area contributed by atoms with Crippen LogP contribution in [0.3, 0.4) is 0 Å². The average Bonchev–Trinajstić information content (AvgIpc) is 2.46. The maximum atomic E-state index is 12.5. The van der Waals surface area contributed by atoms with E-state index in [1.165, 1.54) is 0 Å². The number of rotatable bonds is 4. The van der Waals surface area contributed by atoms with E-state index in [0.717, 1.165) is 31.9 Å². The second kappa shape index (κ2) is 6.70. The minimum absolute atomic E-state index is 0.0238. The Morgan fingerprint density at radius 1 is 1.40 bits per heavy atom. The number of hydrogen-bond acceptors (Lipinski definition) is 4. The number of nitrogens with one attached hydrogen (secondary N) is 1. The molecule has 1 aliphatic rings. The van der Waals surface area contributed by atoms with Gasteiger partial charge in [0.05, 0.1) is 0 Å². The molecule has 1 fully saturated rings. The molecule has 1 aromatic heterocycles. The van der Waals surface area contributed by atoms with Crippen LogP contribution in [0, 0.1) is 0 Å². The normalized spacial score (nSPS) is 16.2. The molecule has 1 aromatic rings. The predicted octanol–water partition coefficient (Wildman–Crippen LogP) is 2.15. The van der Waals surface area contributed by atoms with Gasteiger partial charge in [-0.3, -0.25) is 4.79 Å². The van der Waals surface area contributed by atoms with Gasteiger partial charge in [-0.2, -0.15) is 0 Å². The number of nitrogens with zero attached hydrogens (tertiary/aromatic N) is 2. The molecule has 5 heteroatoms. The fourth-order valence-corrected chi connectivity index (χ4v) is 2.35. The van der Waals surface area contributed by atoms with Crippen LogP contribution in [0.15, 0.2) is 18.2 Å². The van der Waals surface area contributed by atoms with E-state index in [0.29, 0.717) is 11.7 Å². The lowest BCUT2D eigenvalue weighted by Crippen LogP contribution is -2.41. The zero-order valence-electron chi connectivity index (χ0n) is 12.4. The maximum Gasteiger partial charge on any atom is 0.272 e. The minimum atomic E-state index is -0.0238. The molecule has 0 bridgehead atoms. The molecule has 110 valence electrons. The molecule has 0 aliphatic carbocycles. The van der Waals surface area contributed by atoms with Gasteiger partial charge in [-0.15, -0.1) is 0 Å². The molecule has 0 aromatic carbocycles. The first kappa shape index (κ1) is 14.8. The Morgan fingerprint density at radius 3 is 2.75 bits per heavy atom. The largest absolute Gasteiger partial charge is 0.381 e.